The minimum Gasteiger partial charge on any atom is -0.384 e. The van der Waals surface area contributed by atoms with Crippen molar-refractivity contribution in [2.75, 3.05) is 17.2 Å². The van der Waals surface area contributed by atoms with Crippen LogP contribution in [0.2, 0.25) is 0 Å². The molecule has 0 spiro atoms. The van der Waals surface area contributed by atoms with E-state index in [1.807, 2.05) is 99.0 Å². The highest BCUT2D eigenvalue weighted by Crippen LogP contribution is 2.26. The first kappa shape index (κ1) is 21.1. The van der Waals surface area contributed by atoms with Gasteiger partial charge in [-0.2, -0.15) is 0 Å². The lowest BCUT2D eigenvalue weighted by atomic mass is 10.2. The highest BCUT2D eigenvalue weighted by molar-refractivity contribution is 5.84. The molecule has 154 valence electrons. The third-order valence-corrected chi connectivity index (χ3v) is 4.61. The van der Waals surface area contributed by atoms with E-state index in [0.29, 0.717) is 16.9 Å². The molecule has 2 aromatic heterocycles. The van der Waals surface area contributed by atoms with Crippen molar-refractivity contribution < 1.29 is 0 Å². The Morgan fingerprint density at radius 1 is 0.933 bits per heavy atom. The van der Waals surface area contributed by atoms with Crippen LogP contribution in [0, 0.1) is 6.92 Å². The zero-order valence-corrected chi connectivity index (χ0v) is 17.9. The van der Waals surface area contributed by atoms with Crippen LogP contribution in [-0.4, -0.2) is 16.1 Å². The van der Waals surface area contributed by atoms with Crippen molar-refractivity contribution in [3.8, 4) is 5.69 Å². The van der Waals surface area contributed by atoms with E-state index in [-0.39, 0.29) is 5.43 Å². The third-order valence-electron chi connectivity index (χ3n) is 4.61. The molecule has 0 fully saturated rings. The van der Waals surface area contributed by atoms with Gasteiger partial charge in [0.1, 0.15) is 11.5 Å². The smallest absolute Gasteiger partial charge is 0.193 e. The van der Waals surface area contributed by atoms with Crippen LogP contribution in [0.15, 0.2) is 77.6 Å². The van der Waals surface area contributed by atoms with Gasteiger partial charge in [0, 0.05) is 24.0 Å². The fourth-order valence-corrected chi connectivity index (χ4v) is 3.29. The second-order valence-electron chi connectivity index (χ2n) is 6.58. The van der Waals surface area contributed by atoms with Gasteiger partial charge in [0.25, 0.3) is 0 Å². The zero-order valence-electron chi connectivity index (χ0n) is 17.9. The summed E-state index contributed by atoms with van der Waals surface area (Å²) in [5.41, 5.74) is 4.16. The van der Waals surface area contributed by atoms with Crippen LogP contribution >= 0.6 is 0 Å². The number of hydrogen-bond acceptors (Lipinski definition) is 4. The van der Waals surface area contributed by atoms with Gasteiger partial charge in [0.15, 0.2) is 5.43 Å². The molecule has 2 N–H and O–H groups in total. The standard InChI is InChI=1S/C23H22N4O.C2H6/c1-3-24-20-14-19-21(28)15-22(26-17-10-6-4-7-11-17)27(23(19)25-16(20)2)18-12-8-5-9-13-18;1-2/h4-15,24,26H,3H2,1-2H3;1-2H3. The van der Waals surface area contributed by atoms with Crippen LogP contribution in [0.25, 0.3) is 16.7 Å². The first-order valence-electron chi connectivity index (χ1n) is 10.4. The molecule has 0 aliphatic carbocycles. The number of fused-ring (bicyclic) bond motifs is 1. The van der Waals surface area contributed by atoms with E-state index in [1.165, 1.54) is 0 Å². The van der Waals surface area contributed by atoms with E-state index in [2.05, 4.69) is 10.6 Å². The summed E-state index contributed by atoms with van der Waals surface area (Å²) in [6, 6.07) is 23.3. The normalized spacial score (nSPS) is 10.3. The molecule has 2 aromatic carbocycles. The zero-order chi connectivity index (χ0) is 21.5. The molecule has 5 heteroatoms. The van der Waals surface area contributed by atoms with Crippen molar-refractivity contribution in [1.82, 2.24) is 9.55 Å². The van der Waals surface area contributed by atoms with Crippen LogP contribution in [-0.2, 0) is 0 Å². The van der Waals surface area contributed by atoms with Gasteiger partial charge >= 0.3 is 0 Å². The molecular formula is C25H28N4O. The Morgan fingerprint density at radius 3 is 2.20 bits per heavy atom. The van der Waals surface area contributed by atoms with E-state index < -0.39 is 0 Å². The average Bonchev–Trinajstić information content (AvgIpc) is 2.78. The largest absolute Gasteiger partial charge is 0.384 e. The predicted molar refractivity (Wildman–Crippen MR) is 127 cm³/mol. The Bertz CT molecular complexity index is 1170. The van der Waals surface area contributed by atoms with Gasteiger partial charge in [-0.1, -0.05) is 50.2 Å². The highest BCUT2D eigenvalue weighted by Gasteiger charge is 2.14. The van der Waals surface area contributed by atoms with Crippen molar-refractivity contribution >= 4 is 28.2 Å². The lowest BCUT2D eigenvalue weighted by Gasteiger charge is -2.19. The van der Waals surface area contributed by atoms with Crippen molar-refractivity contribution in [2.24, 2.45) is 0 Å². The number of nitrogens with one attached hydrogen (secondary N) is 2. The van der Waals surface area contributed by atoms with E-state index in [1.54, 1.807) is 6.07 Å². The molecular weight excluding hydrogens is 372 g/mol. The lowest BCUT2D eigenvalue weighted by Crippen LogP contribution is -2.15. The lowest BCUT2D eigenvalue weighted by molar-refractivity contribution is 1.05. The Hall–Kier alpha value is -3.60. The highest BCUT2D eigenvalue weighted by atomic mass is 16.1. The molecule has 0 saturated heterocycles. The van der Waals surface area contributed by atoms with Crippen molar-refractivity contribution in [3.63, 3.8) is 0 Å². The van der Waals surface area contributed by atoms with Crippen molar-refractivity contribution in [3.05, 3.63) is 88.7 Å². The Morgan fingerprint density at radius 2 is 1.57 bits per heavy atom. The van der Waals surface area contributed by atoms with E-state index in [0.717, 1.165) is 29.3 Å². The summed E-state index contributed by atoms with van der Waals surface area (Å²) < 4.78 is 1.99. The van der Waals surface area contributed by atoms with Gasteiger partial charge in [0.2, 0.25) is 0 Å². The van der Waals surface area contributed by atoms with Crippen molar-refractivity contribution in [2.45, 2.75) is 27.7 Å². The Balaban J connectivity index is 0.00000124. The fourth-order valence-electron chi connectivity index (χ4n) is 3.29. The van der Waals surface area contributed by atoms with Crippen LogP contribution < -0.4 is 16.1 Å². The maximum atomic E-state index is 12.9. The maximum Gasteiger partial charge on any atom is 0.193 e. The summed E-state index contributed by atoms with van der Waals surface area (Å²) in [5.74, 6) is 0.679. The third kappa shape index (κ3) is 4.35. The number of benzene rings is 2. The predicted octanol–water partition coefficient (Wildman–Crippen LogP) is 5.90. The summed E-state index contributed by atoms with van der Waals surface area (Å²) in [5, 5.41) is 7.24. The molecule has 30 heavy (non-hydrogen) atoms. The molecule has 0 amide bonds. The molecule has 4 aromatic rings. The minimum absolute atomic E-state index is 0.0627. The average molecular weight is 401 g/mol. The van der Waals surface area contributed by atoms with Crippen LogP contribution in [0.5, 0.6) is 0 Å². The van der Waals surface area contributed by atoms with E-state index in [9.17, 15) is 4.79 Å². The molecule has 0 bridgehead atoms. The number of anilines is 3. The molecule has 4 rings (SSSR count). The Labute approximate surface area is 177 Å². The van der Waals surface area contributed by atoms with Gasteiger partial charge in [0.05, 0.1) is 16.8 Å². The second kappa shape index (κ2) is 9.74. The number of rotatable bonds is 5. The summed E-state index contributed by atoms with van der Waals surface area (Å²) >= 11 is 0. The minimum atomic E-state index is -0.0627. The number of hydrogen-bond donors (Lipinski definition) is 2. The van der Waals surface area contributed by atoms with Crippen LogP contribution in [0.3, 0.4) is 0 Å². The van der Waals surface area contributed by atoms with Gasteiger partial charge in [-0.05, 0) is 44.2 Å². The van der Waals surface area contributed by atoms with Crippen molar-refractivity contribution in [1.29, 1.82) is 0 Å². The topological polar surface area (TPSA) is 59.0 Å². The quantitative estimate of drug-likeness (QED) is 0.438. The van der Waals surface area contributed by atoms with Gasteiger partial charge in [-0.3, -0.25) is 9.36 Å². The summed E-state index contributed by atoms with van der Waals surface area (Å²) in [7, 11) is 0. The number of nitrogens with zero attached hydrogens (tertiary/aromatic N) is 2. The molecule has 0 radical (unpaired) electrons. The molecule has 0 unspecified atom stereocenters. The maximum absolute atomic E-state index is 12.9. The molecule has 2 heterocycles. The monoisotopic (exact) mass is 400 g/mol. The SMILES string of the molecule is CC.CCNc1cc2c(=O)cc(Nc3ccccc3)n(-c3ccccc3)c2nc1C. The van der Waals surface area contributed by atoms with Gasteiger partial charge in [-0.15, -0.1) is 0 Å². The number of para-hydroxylation sites is 2. The molecule has 0 saturated carbocycles. The Kier molecular flexibility index (Phi) is 6.86. The van der Waals surface area contributed by atoms with Crippen LogP contribution in [0.1, 0.15) is 26.5 Å². The molecule has 0 aliphatic heterocycles. The van der Waals surface area contributed by atoms with Crippen LogP contribution in [0.4, 0.5) is 17.2 Å². The summed E-state index contributed by atoms with van der Waals surface area (Å²) in [6.45, 7) is 8.75. The fraction of sp³-hybridized carbons (Fsp3) is 0.200. The number of aryl methyl sites for hydroxylation is 1. The molecule has 5 nitrogen and oxygen atoms in total. The van der Waals surface area contributed by atoms with Gasteiger partial charge in [-0.25, -0.2) is 4.98 Å². The van der Waals surface area contributed by atoms with Gasteiger partial charge < -0.3 is 10.6 Å². The first-order chi connectivity index (χ1) is 14.7. The summed E-state index contributed by atoms with van der Waals surface area (Å²) in [6.07, 6.45) is 0. The van der Waals surface area contributed by atoms with E-state index >= 15 is 0 Å². The van der Waals surface area contributed by atoms with E-state index in [4.69, 9.17) is 4.98 Å². The molecule has 0 aliphatic rings. The number of pyridine rings is 2. The molecule has 0 atom stereocenters. The number of aromatic nitrogens is 2. The summed E-state index contributed by atoms with van der Waals surface area (Å²) in [4.78, 5) is 17.7. The second-order valence-corrected chi connectivity index (χ2v) is 6.58. The first-order valence-corrected chi connectivity index (χ1v) is 10.4.